The number of aryl methyl sites for hydroxylation is 1. The van der Waals surface area contributed by atoms with Crippen LogP contribution in [-0.2, 0) is 4.79 Å². The molecule has 0 radical (unpaired) electrons. The number of amides is 1. The maximum atomic E-state index is 12.0. The van der Waals surface area contributed by atoms with Gasteiger partial charge in [-0.25, -0.2) is 0 Å². The van der Waals surface area contributed by atoms with Gasteiger partial charge in [0, 0.05) is 24.3 Å². The minimum Gasteiger partial charge on any atom is -0.399 e. The van der Waals surface area contributed by atoms with Gasteiger partial charge in [0.1, 0.15) is 0 Å². The molecule has 2 rings (SSSR count). The maximum Gasteiger partial charge on any atom is 0.224 e. The molecule has 1 saturated carbocycles. The summed E-state index contributed by atoms with van der Waals surface area (Å²) in [5.74, 6) is 1.00. The van der Waals surface area contributed by atoms with E-state index in [1.807, 2.05) is 25.1 Å². The Hall–Kier alpha value is -1.55. The van der Waals surface area contributed by atoms with Crippen LogP contribution >= 0.6 is 0 Å². The fourth-order valence-corrected chi connectivity index (χ4v) is 2.55. The summed E-state index contributed by atoms with van der Waals surface area (Å²) in [5.41, 5.74) is 8.31. The molecule has 21 heavy (non-hydrogen) atoms. The predicted octanol–water partition coefficient (Wildman–Crippen LogP) is 3.03. The smallest absolute Gasteiger partial charge is 0.224 e. The lowest BCUT2D eigenvalue weighted by molar-refractivity contribution is -0.116. The van der Waals surface area contributed by atoms with Crippen LogP contribution in [0.5, 0.6) is 0 Å². The minimum absolute atomic E-state index is 0.0883. The van der Waals surface area contributed by atoms with Crippen LogP contribution in [0.1, 0.15) is 38.2 Å². The van der Waals surface area contributed by atoms with Crippen LogP contribution in [0.3, 0.4) is 0 Å². The monoisotopic (exact) mass is 289 g/mol. The average molecular weight is 289 g/mol. The van der Waals surface area contributed by atoms with Crippen molar-refractivity contribution in [3.8, 4) is 0 Å². The van der Waals surface area contributed by atoms with E-state index in [1.54, 1.807) is 0 Å². The highest BCUT2D eigenvalue weighted by Gasteiger charge is 2.23. The van der Waals surface area contributed by atoms with Gasteiger partial charge >= 0.3 is 0 Å². The van der Waals surface area contributed by atoms with Crippen molar-refractivity contribution in [3.63, 3.8) is 0 Å². The first kappa shape index (κ1) is 15.8. The molecule has 116 valence electrons. The zero-order valence-electron chi connectivity index (χ0n) is 13.2. The van der Waals surface area contributed by atoms with E-state index >= 15 is 0 Å². The summed E-state index contributed by atoms with van der Waals surface area (Å²) >= 11 is 0. The van der Waals surface area contributed by atoms with Crippen LogP contribution in [0.4, 0.5) is 11.4 Å². The molecule has 0 aromatic heterocycles. The largest absolute Gasteiger partial charge is 0.399 e. The van der Waals surface area contributed by atoms with Gasteiger partial charge in [-0.1, -0.05) is 6.92 Å². The van der Waals surface area contributed by atoms with E-state index < -0.39 is 0 Å². The summed E-state index contributed by atoms with van der Waals surface area (Å²) in [6.45, 7) is 7.45. The van der Waals surface area contributed by atoms with E-state index in [-0.39, 0.29) is 5.91 Å². The molecule has 4 heteroatoms. The summed E-state index contributed by atoms with van der Waals surface area (Å²) in [4.78, 5) is 14.5. The van der Waals surface area contributed by atoms with Gasteiger partial charge in [0.15, 0.2) is 0 Å². The van der Waals surface area contributed by atoms with Crippen molar-refractivity contribution in [1.82, 2.24) is 4.90 Å². The summed E-state index contributed by atoms with van der Waals surface area (Å²) in [7, 11) is 0. The second-order valence-electron chi connectivity index (χ2n) is 6.06. The zero-order chi connectivity index (χ0) is 15.2. The zero-order valence-corrected chi connectivity index (χ0v) is 13.2. The van der Waals surface area contributed by atoms with E-state index in [1.165, 1.54) is 19.4 Å². The van der Waals surface area contributed by atoms with Gasteiger partial charge in [-0.2, -0.15) is 0 Å². The molecule has 1 aliphatic carbocycles. The molecular formula is C17H27N3O. The quantitative estimate of drug-likeness (QED) is 0.723. The van der Waals surface area contributed by atoms with Crippen LogP contribution in [0.2, 0.25) is 0 Å². The molecule has 1 amide bonds. The van der Waals surface area contributed by atoms with E-state index in [0.29, 0.717) is 6.42 Å². The first-order chi connectivity index (χ1) is 10.1. The second-order valence-corrected chi connectivity index (χ2v) is 6.06. The van der Waals surface area contributed by atoms with Crippen molar-refractivity contribution in [2.24, 2.45) is 5.92 Å². The van der Waals surface area contributed by atoms with Gasteiger partial charge in [0.25, 0.3) is 0 Å². The number of nitrogen functional groups attached to an aromatic ring is 1. The predicted molar refractivity (Wildman–Crippen MR) is 88.3 cm³/mol. The Labute approximate surface area is 127 Å². The van der Waals surface area contributed by atoms with Crippen LogP contribution in [0.15, 0.2) is 18.2 Å². The first-order valence-corrected chi connectivity index (χ1v) is 7.96. The average Bonchev–Trinajstić information content (AvgIpc) is 3.25. The third-order valence-corrected chi connectivity index (χ3v) is 4.06. The van der Waals surface area contributed by atoms with E-state index in [9.17, 15) is 4.79 Å². The van der Waals surface area contributed by atoms with Crippen LogP contribution < -0.4 is 11.1 Å². The Balaban J connectivity index is 1.71. The first-order valence-electron chi connectivity index (χ1n) is 7.96. The summed E-state index contributed by atoms with van der Waals surface area (Å²) in [5, 5.41) is 2.97. The molecule has 0 bridgehead atoms. The molecule has 1 aliphatic rings. The summed E-state index contributed by atoms with van der Waals surface area (Å²) in [6, 6.07) is 5.56. The number of rotatable bonds is 8. The highest BCUT2D eigenvalue weighted by atomic mass is 16.1. The molecule has 3 N–H and O–H groups in total. The SMILES string of the molecule is CCN(CCCC(=O)Nc1ccc(N)cc1C)CC1CC1. The van der Waals surface area contributed by atoms with E-state index in [0.717, 1.165) is 42.4 Å². The Bertz CT molecular complexity index is 483. The fraction of sp³-hybridized carbons (Fsp3) is 0.588. The van der Waals surface area contributed by atoms with Gasteiger partial charge in [0.05, 0.1) is 0 Å². The van der Waals surface area contributed by atoms with Crippen molar-refractivity contribution < 1.29 is 4.79 Å². The summed E-state index contributed by atoms with van der Waals surface area (Å²) in [6.07, 6.45) is 4.26. The molecule has 0 aliphatic heterocycles. The third-order valence-electron chi connectivity index (χ3n) is 4.06. The molecule has 0 unspecified atom stereocenters. The normalized spacial score (nSPS) is 14.4. The van der Waals surface area contributed by atoms with Gasteiger partial charge in [-0.3, -0.25) is 4.79 Å². The van der Waals surface area contributed by atoms with Gasteiger partial charge < -0.3 is 16.0 Å². The highest BCUT2D eigenvalue weighted by Crippen LogP contribution is 2.29. The summed E-state index contributed by atoms with van der Waals surface area (Å²) < 4.78 is 0. The number of anilines is 2. The van der Waals surface area contributed by atoms with Crippen LogP contribution in [0.25, 0.3) is 0 Å². The number of nitrogens with one attached hydrogen (secondary N) is 1. The van der Waals surface area contributed by atoms with Crippen molar-refractivity contribution in [2.75, 3.05) is 30.7 Å². The third kappa shape index (κ3) is 5.38. The van der Waals surface area contributed by atoms with Gasteiger partial charge in [0.2, 0.25) is 5.91 Å². The van der Waals surface area contributed by atoms with Gasteiger partial charge in [-0.15, -0.1) is 0 Å². The number of benzene rings is 1. The molecule has 1 aromatic carbocycles. The number of nitrogens with two attached hydrogens (primary N) is 1. The molecule has 0 saturated heterocycles. The highest BCUT2D eigenvalue weighted by molar-refractivity contribution is 5.91. The molecular weight excluding hydrogens is 262 g/mol. The standard InChI is InChI=1S/C17H27N3O/c1-3-20(12-14-6-7-14)10-4-5-17(21)19-16-9-8-15(18)11-13(16)2/h8-9,11,14H,3-7,10,12,18H2,1-2H3,(H,19,21). The molecule has 0 heterocycles. The van der Waals surface area contributed by atoms with Crippen LogP contribution in [-0.4, -0.2) is 30.4 Å². The topological polar surface area (TPSA) is 58.4 Å². The van der Waals surface area contributed by atoms with Crippen molar-refractivity contribution in [2.45, 2.75) is 39.5 Å². The number of hydrogen-bond acceptors (Lipinski definition) is 3. The maximum absolute atomic E-state index is 12.0. The molecule has 0 atom stereocenters. The Morgan fingerprint density at radius 3 is 2.81 bits per heavy atom. The minimum atomic E-state index is 0.0883. The fourth-order valence-electron chi connectivity index (χ4n) is 2.55. The Morgan fingerprint density at radius 2 is 2.19 bits per heavy atom. The number of hydrogen-bond donors (Lipinski definition) is 2. The lowest BCUT2D eigenvalue weighted by Crippen LogP contribution is -2.27. The molecule has 1 aromatic rings. The molecule has 1 fully saturated rings. The number of carbonyl (C=O) groups excluding carboxylic acids is 1. The van der Waals surface area contributed by atoms with E-state index in [2.05, 4.69) is 17.1 Å². The second kappa shape index (κ2) is 7.46. The molecule has 0 spiro atoms. The Morgan fingerprint density at radius 1 is 1.43 bits per heavy atom. The molecule has 4 nitrogen and oxygen atoms in total. The van der Waals surface area contributed by atoms with Crippen molar-refractivity contribution in [3.05, 3.63) is 23.8 Å². The van der Waals surface area contributed by atoms with E-state index in [4.69, 9.17) is 5.73 Å². The number of nitrogens with zero attached hydrogens (tertiary/aromatic N) is 1. The lowest BCUT2D eigenvalue weighted by Gasteiger charge is -2.19. The Kier molecular flexibility index (Phi) is 5.62. The van der Waals surface area contributed by atoms with Crippen molar-refractivity contribution >= 4 is 17.3 Å². The lowest BCUT2D eigenvalue weighted by atomic mass is 10.1. The van der Waals surface area contributed by atoms with Crippen LogP contribution in [0, 0.1) is 12.8 Å². The number of carbonyl (C=O) groups is 1. The van der Waals surface area contributed by atoms with Crippen molar-refractivity contribution in [1.29, 1.82) is 0 Å². The van der Waals surface area contributed by atoms with Gasteiger partial charge in [-0.05, 0) is 69.0 Å².